The molecule has 1 rings (SSSR count). The van der Waals surface area contributed by atoms with E-state index in [1.165, 1.54) is 24.3 Å². The molecule has 0 saturated heterocycles. The number of nitrogens with one attached hydrogen (secondary N) is 1. The van der Waals surface area contributed by atoms with E-state index in [1.807, 2.05) is 6.07 Å². The highest BCUT2D eigenvalue weighted by Gasteiger charge is 2.16. The molecule has 0 bridgehead atoms. The summed E-state index contributed by atoms with van der Waals surface area (Å²) in [6.07, 6.45) is 0.400. The predicted molar refractivity (Wildman–Crippen MR) is 61.1 cm³/mol. The van der Waals surface area contributed by atoms with Crippen LogP contribution in [0.15, 0.2) is 24.3 Å². The fraction of sp³-hybridized carbons (Fsp3) is 0.273. The Morgan fingerprint density at radius 3 is 2.88 bits per heavy atom. The van der Waals surface area contributed by atoms with Gasteiger partial charge in [-0.2, -0.15) is 5.26 Å². The fourth-order valence-electron chi connectivity index (χ4n) is 1.26. The van der Waals surface area contributed by atoms with Crippen molar-refractivity contribution in [1.29, 1.82) is 5.26 Å². The number of benzene rings is 1. The summed E-state index contributed by atoms with van der Waals surface area (Å²) in [5, 5.41) is 21.7. The number of hydrogen-bond donors (Lipinski definition) is 1. The van der Waals surface area contributed by atoms with Crippen molar-refractivity contribution in [1.82, 2.24) is 0 Å². The third-order valence-corrected chi connectivity index (χ3v) is 2.21. The second kappa shape index (κ2) is 5.61. The molecule has 0 aliphatic carbocycles. The van der Waals surface area contributed by atoms with Gasteiger partial charge in [-0.3, -0.25) is 14.9 Å². The molecule has 0 radical (unpaired) electrons. The Balaban J connectivity index is 2.82. The second-order valence-electron chi connectivity index (χ2n) is 3.39. The normalized spacial score (nSPS) is 11.3. The van der Waals surface area contributed by atoms with Crippen LogP contribution < -0.4 is 5.32 Å². The average molecular weight is 233 g/mol. The monoisotopic (exact) mass is 233 g/mol. The van der Waals surface area contributed by atoms with E-state index < -0.39 is 16.7 Å². The molecule has 0 aromatic heterocycles. The van der Waals surface area contributed by atoms with Crippen molar-refractivity contribution >= 4 is 17.3 Å². The van der Waals surface area contributed by atoms with Gasteiger partial charge < -0.3 is 5.32 Å². The van der Waals surface area contributed by atoms with Crippen molar-refractivity contribution in [3.63, 3.8) is 0 Å². The zero-order valence-electron chi connectivity index (χ0n) is 9.21. The Bertz CT molecular complexity index is 479. The molecule has 0 aliphatic rings. The number of hydrogen-bond acceptors (Lipinski definition) is 4. The molecule has 0 heterocycles. The molecular formula is C11H11N3O3. The SMILES string of the molecule is CCC(C#N)C(=O)Nc1cccc([N+](=O)[O-])c1. The van der Waals surface area contributed by atoms with Crippen LogP contribution in [0.25, 0.3) is 0 Å². The van der Waals surface area contributed by atoms with Crippen molar-refractivity contribution < 1.29 is 9.72 Å². The first-order valence-corrected chi connectivity index (χ1v) is 5.03. The maximum atomic E-state index is 11.6. The van der Waals surface area contributed by atoms with Crippen LogP contribution in [0.3, 0.4) is 0 Å². The Morgan fingerprint density at radius 2 is 2.35 bits per heavy atom. The summed E-state index contributed by atoms with van der Waals surface area (Å²) >= 11 is 0. The number of rotatable bonds is 4. The summed E-state index contributed by atoms with van der Waals surface area (Å²) in [6, 6.07) is 7.46. The maximum absolute atomic E-state index is 11.6. The summed E-state index contributed by atoms with van der Waals surface area (Å²) in [5.41, 5.74) is 0.214. The molecule has 17 heavy (non-hydrogen) atoms. The molecule has 0 saturated carbocycles. The molecular weight excluding hydrogens is 222 g/mol. The quantitative estimate of drug-likeness (QED) is 0.636. The maximum Gasteiger partial charge on any atom is 0.271 e. The Labute approximate surface area is 98.0 Å². The van der Waals surface area contributed by atoms with Crippen molar-refractivity contribution in [3.05, 3.63) is 34.4 Å². The lowest BCUT2D eigenvalue weighted by molar-refractivity contribution is -0.384. The second-order valence-corrected chi connectivity index (χ2v) is 3.39. The van der Waals surface area contributed by atoms with Gasteiger partial charge in [0.25, 0.3) is 5.69 Å². The van der Waals surface area contributed by atoms with Crippen LogP contribution in [0.2, 0.25) is 0 Å². The van der Waals surface area contributed by atoms with E-state index in [0.29, 0.717) is 12.1 Å². The van der Waals surface area contributed by atoms with Gasteiger partial charge in [-0.25, -0.2) is 0 Å². The highest BCUT2D eigenvalue weighted by atomic mass is 16.6. The number of anilines is 1. The van der Waals surface area contributed by atoms with Gasteiger partial charge in [0, 0.05) is 17.8 Å². The lowest BCUT2D eigenvalue weighted by Gasteiger charge is -2.07. The van der Waals surface area contributed by atoms with Crippen LogP contribution in [0.5, 0.6) is 0 Å². The van der Waals surface area contributed by atoms with Crippen LogP contribution in [0, 0.1) is 27.4 Å². The van der Waals surface area contributed by atoms with E-state index >= 15 is 0 Å². The van der Waals surface area contributed by atoms with Crippen LogP contribution in [0.4, 0.5) is 11.4 Å². The summed E-state index contributed by atoms with van der Waals surface area (Å²) in [5.74, 6) is -1.19. The molecule has 6 nitrogen and oxygen atoms in total. The topological polar surface area (TPSA) is 96.0 Å². The molecule has 88 valence electrons. The molecule has 6 heteroatoms. The van der Waals surface area contributed by atoms with E-state index in [9.17, 15) is 14.9 Å². The van der Waals surface area contributed by atoms with Gasteiger partial charge in [-0.05, 0) is 12.5 Å². The van der Waals surface area contributed by atoms with E-state index in [1.54, 1.807) is 6.92 Å². The van der Waals surface area contributed by atoms with Gasteiger partial charge in [0.2, 0.25) is 5.91 Å². The average Bonchev–Trinajstić information content (AvgIpc) is 2.30. The van der Waals surface area contributed by atoms with Gasteiger partial charge in [0.1, 0.15) is 5.92 Å². The molecule has 0 aliphatic heterocycles. The first kappa shape index (κ1) is 12.6. The number of nitrogens with zero attached hydrogens (tertiary/aromatic N) is 2. The first-order chi connectivity index (χ1) is 8.08. The van der Waals surface area contributed by atoms with Crippen LogP contribution >= 0.6 is 0 Å². The minimum atomic E-state index is -0.741. The zero-order chi connectivity index (χ0) is 12.8. The Kier molecular flexibility index (Phi) is 4.17. The van der Waals surface area contributed by atoms with Gasteiger partial charge >= 0.3 is 0 Å². The number of nitriles is 1. The third kappa shape index (κ3) is 3.28. The van der Waals surface area contributed by atoms with E-state index in [-0.39, 0.29) is 5.69 Å². The van der Waals surface area contributed by atoms with Crippen LogP contribution in [-0.2, 0) is 4.79 Å². The summed E-state index contributed by atoms with van der Waals surface area (Å²) in [7, 11) is 0. The minimum absolute atomic E-state index is 0.104. The van der Waals surface area contributed by atoms with Gasteiger partial charge in [0.05, 0.1) is 11.0 Å². The zero-order valence-corrected chi connectivity index (χ0v) is 9.21. The molecule has 1 amide bonds. The van der Waals surface area contributed by atoms with Crippen LogP contribution in [0.1, 0.15) is 13.3 Å². The van der Waals surface area contributed by atoms with Gasteiger partial charge in [0.15, 0.2) is 0 Å². The summed E-state index contributed by atoms with van der Waals surface area (Å²) in [4.78, 5) is 21.5. The third-order valence-electron chi connectivity index (χ3n) is 2.21. The summed E-state index contributed by atoms with van der Waals surface area (Å²) in [6.45, 7) is 1.72. The van der Waals surface area contributed by atoms with Crippen molar-refractivity contribution in [3.8, 4) is 6.07 Å². The van der Waals surface area contributed by atoms with Gasteiger partial charge in [-0.15, -0.1) is 0 Å². The lowest BCUT2D eigenvalue weighted by atomic mass is 10.1. The molecule has 1 N–H and O–H groups in total. The number of carbonyl (C=O) groups excluding carboxylic acids is 1. The number of nitro groups is 1. The highest BCUT2D eigenvalue weighted by Crippen LogP contribution is 2.17. The predicted octanol–water partition coefficient (Wildman–Crippen LogP) is 2.08. The smallest absolute Gasteiger partial charge is 0.271 e. The van der Waals surface area contributed by atoms with E-state index in [4.69, 9.17) is 5.26 Å². The number of carbonyl (C=O) groups is 1. The molecule has 1 aromatic rings. The molecule has 0 spiro atoms. The van der Waals surface area contributed by atoms with Crippen LogP contribution in [-0.4, -0.2) is 10.8 Å². The fourth-order valence-corrected chi connectivity index (χ4v) is 1.26. The number of nitro benzene ring substituents is 1. The van der Waals surface area contributed by atoms with Crippen molar-refractivity contribution in [2.24, 2.45) is 5.92 Å². The standard InChI is InChI=1S/C11H11N3O3/c1-2-8(7-12)11(15)13-9-4-3-5-10(6-9)14(16)17/h3-6,8H,2H2,1H3,(H,13,15). The van der Waals surface area contributed by atoms with Crippen molar-refractivity contribution in [2.45, 2.75) is 13.3 Å². The minimum Gasteiger partial charge on any atom is -0.325 e. The molecule has 1 aromatic carbocycles. The van der Waals surface area contributed by atoms with E-state index in [0.717, 1.165) is 0 Å². The number of amides is 1. The molecule has 0 fully saturated rings. The van der Waals surface area contributed by atoms with Gasteiger partial charge in [-0.1, -0.05) is 13.0 Å². The lowest BCUT2D eigenvalue weighted by Crippen LogP contribution is -2.20. The summed E-state index contributed by atoms with van der Waals surface area (Å²) < 4.78 is 0. The van der Waals surface area contributed by atoms with E-state index in [2.05, 4.69) is 5.32 Å². The van der Waals surface area contributed by atoms with Crippen molar-refractivity contribution in [2.75, 3.05) is 5.32 Å². The largest absolute Gasteiger partial charge is 0.325 e. The Hall–Kier alpha value is -2.42. The highest BCUT2D eigenvalue weighted by molar-refractivity contribution is 5.94. The number of non-ortho nitro benzene ring substituents is 1. The molecule has 1 unspecified atom stereocenters. The first-order valence-electron chi connectivity index (χ1n) is 5.03. The Morgan fingerprint density at radius 1 is 1.65 bits per heavy atom. The molecule has 1 atom stereocenters.